The summed E-state index contributed by atoms with van der Waals surface area (Å²) in [5.41, 5.74) is 4.43. The monoisotopic (exact) mass is 356 g/mol. The van der Waals surface area contributed by atoms with E-state index in [2.05, 4.69) is 17.5 Å². The van der Waals surface area contributed by atoms with E-state index in [4.69, 9.17) is 14.2 Å². The van der Waals surface area contributed by atoms with Crippen LogP contribution in [0.15, 0.2) is 47.6 Å². The van der Waals surface area contributed by atoms with Crippen LogP contribution in [0.3, 0.4) is 0 Å². The number of amides is 1. The third kappa shape index (κ3) is 5.81. The standard InChI is InChI=1S/C20H24N2O4/c1-4-15-6-9-17(10-7-15)26-14-20(23)22-21-13-16-8-11-18(25-5-2)19(12-16)24-3/h6-13H,4-5,14H2,1-3H3,(H,22,23)/b21-13-. The highest BCUT2D eigenvalue weighted by atomic mass is 16.5. The van der Waals surface area contributed by atoms with Crippen LogP contribution in [0.5, 0.6) is 17.2 Å². The molecule has 0 saturated carbocycles. The predicted molar refractivity (Wildman–Crippen MR) is 101 cm³/mol. The number of hydrogen-bond donors (Lipinski definition) is 1. The summed E-state index contributed by atoms with van der Waals surface area (Å²) in [4.78, 5) is 11.8. The van der Waals surface area contributed by atoms with E-state index in [1.807, 2.05) is 37.3 Å². The fourth-order valence-corrected chi connectivity index (χ4v) is 2.22. The van der Waals surface area contributed by atoms with Gasteiger partial charge in [0.15, 0.2) is 18.1 Å². The van der Waals surface area contributed by atoms with Crippen molar-refractivity contribution in [3.8, 4) is 17.2 Å². The first-order valence-electron chi connectivity index (χ1n) is 8.50. The Morgan fingerprint density at radius 2 is 1.85 bits per heavy atom. The number of carbonyl (C=O) groups is 1. The third-order valence-corrected chi connectivity index (χ3v) is 3.59. The first kappa shape index (κ1) is 19.3. The number of carbonyl (C=O) groups excluding carboxylic acids is 1. The van der Waals surface area contributed by atoms with Crippen LogP contribution in [0.2, 0.25) is 0 Å². The molecule has 0 unspecified atom stereocenters. The SMILES string of the molecule is CCOc1ccc(/C=N\NC(=O)COc2ccc(CC)cc2)cc1OC. The summed E-state index contributed by atoms with van der Waals surface area (Å²) in [6, 6.07) is 13.1. The summed E-state index contributed by atoms with van der Waals surface area (Å²) in [6.07, 6.45) is 2.50. The number of nitrogens with one attached hydrogen (secondary N) is 1. The van der Waals surface area contributed by atoms with Crippen LogP contribution in [0.1, 0.15) is 25.0 Å². The molecule has 2 aromatic carbocycles. The zero-order valence-electron chi connectivity index (χ0n) is 15.3. The van der Waals surface area contributed by atoms with Gasteiger partial charge in [0.25, 0.3) is 5.91 Å². The Morgan fingerprint density at radius 1 is 1.08 bits per heavy atom. The number of hydrogen-bond acceptors (Lipinski definition) is 5. The fraction of sp³-hybridized carbons (Fsp3) is 0.300. The number of hydrazone groups is 1. The van der Waals surface area contributed by atoms with Crippen LogP contribution in [0.25, 0.3) is 0 Å². The van der Waals surface area contributed by atoms with Gasteiger partial charge in [0.2, 0.25) is 0 Å². The number of methoxy groups -OCH3 is 1. The van der Waals surface area contributed by atoms with Crippen LogP contribution < -0.4 is 19.6 Å². The molecule has 0 spiro atoms. The average Bonchev–Trinajstić information content (AvgIpc) is 2.68. The molecule has 6 nitrogen and oxygen atoms in total. The van der Waals surface area contributed by atoms with E-state index in [-0.39, 0.29) is 12.5 Å². The maximum absolute atomic E-state index is 11.8. The Labute approximate surface area is 153 Å². The van der Waals surface area contributed by atoms with Gasteiger partial charge in [0, 0.05) is 0 Å². The van der Waals surface area contributed by atoms with Crippen molar-refractivity contribution in [2.24, 2.45) is 5.10 Å². The smallest absolute Gasteiger partial charge is 0.277 e. The first-order chi connectivity index (χ1) is 12.7. The molecule has 0 aliphatic carbocycles. The third-order valence-electron chi connectivity index (χ3n) is 3.59. The lowest BCUT2D eigenvalue weighted by Crippen LogP contribution is -2.24. The van der Waals surface area contributed by atoms with Crippen LogP contribution in [-0.4, -0.2) is 32.4 Å². The molecule has 1 N–H and O–H groups in total. The van der Waals surface area contributed by atoms with Gasteiger partial charge in [0.05, 0.1) is 19.9 Å². The van der Waals surface area contributed by atoms with Crippen LogP contribution in [0.4, 0.5) is 0 Å². The van der Waals surface area contributed by atoms with Crippen LogP contribution in [-0.2, 0) is 11.2 Å². The number of ether oxygens (including phenoxy) is 3. The van der Waals surface area contributed by atoms with E-state index in [1.165, 1.54) is 11.8 Å². The van der Waals surface area contributed by atoms with Gasteiger partial charge < -0.3 is 14.2 Å². The first-order valence-corrected chi connectivity index (χ1v) is 8.50. The molecule has 0 bridgehead atoms. The van der Waals surface area contributed by atoms with E-state index in [0.29, 0.717) is 23.9 Å². The van der Waals surface area contributed by atoms with Crippen molar-refractivity contribution < 1.29 is 19.0 Å². The maximum atomic E-state index is 11.8. The molecule has 138 valence electrons. The molecule has 1 amide bonds. The summed E-state index contributed by atoms with van der Waals surface area (Å²) >= 11 is 0. The Kier molecular flexibility index (Phi) is 7.49. The van der Waals surface area contributed by atoms with Crippen molar-refractivity contribution in [1.82, 2.24) is 5.43 Å². The molecule has 0 fully saturated rings. The van der Waals surface area contributed by atoms with Crippen molar-refractivity contribution in [3.63, 3.8) is 0 Å². The summed E-state index contributed by atoms with van der Waals surface area (Å²) in [5.74, 6) is 1.59. The molecule has 2 rings (SSSR count). The Balaban J connectivity index is 1.84. The van der Waals surface area contributed by atoms with Crippen molar-refractivity contribution in [2.75, 3.05) is 20.3 Å². The molecule has 0 atom stereocenters. The summed E-state index contributed by atoms with van der Waals surface area (Å²) < 4.78 is 16.2. The topological polar surface area (TPSA) is 69.2 Å². The van der Waals surface area contributed by atoms with Crippen molar-refractivity contribution in [3.05, 3.63) is 53.6 Å². The number of aryl methyl sites for hydroxylation is 1. The normalized spacial score (nSPS) is 10.6. The highest BCUT2D eigenvalue weighted by molar-refractivity contribution is 5.83. The molecular formula is C20H24N2O4. The van der Waals surface area contributed by atoms with Gasteiger partial charge >= 0.3 is 0 Å². The Morgan fingerprint density at radius 3 is 2.50 bits per heavy atom. The van der Waals surface area contributed by atoms with Gasteiger partial charge in [-0.25, -0.2) is 5.43 Å². The molecule has 0 saturated heterocycles. The summed E-state index contributed by atoms with van der Waals surface area (Å²) in [6.45, 7) is 4.45. The lowest BCUT2D eigenvalue weighted by Gasteiger charge is -2.09. The van der Waals surface area contributed by atoms with Crippen LogP contribution in [0, 0.1) is 0 Å². The van der Waals surface area contributed by atoms with E-state index in [9.17, 15) is 4.79 Å². The molecular weight excluding hydrogens is 332 g/mol. The quantitative estimate of drug-likeness (QED) is 0.553. The van der Waals surface area contributed by atoms with Crippen LogP contribution >= 0.6 is 0 Å². The zero-order chi connectivity index (χ0) is 18.8. The highest BCUT2D eigenvalue weighted by Crippen LogP contribution is 2.27. The van der Waals surface area contributed by atoms with Gasteiger partial charge in [-0.15, -0.1) is 0 Å². The minimum absolute atomic E-state index is 0.102. The van der Waals surface area contributed by atoms with Gasteiger partial charge in [0.1, 0.15) is 5.75 Å². The molecule has 0 aromatic heterocycles. The highest BCUT2D eigenvalue weighted by Gasteiger charge is 2.05. The van der Waals surface area contributed by atoms with E-state index < -0.39 is 0 Å². The molecule has 2 aromatic rings. The Bertz CT molecular complexity index is 742. The van der Waals surface area contributed by atoms with Gasteiger partial charge in [-0.2, -0.15) is 5.10 Å². The van der Waals surface area contributed by atoms with E-state index in [0.717, 1.165) is 12.0 Å². The predicted octanol–water partition coefficient (Wildman–Crippen LogP) is 3.19. The number of nitrogens with zero attached hydrogens (tertiary/aromatic N) is 1. The van der Waals surface area contributed by atoms with Crippen molar-refractivity contribution in [2.45, 2.75) is 20.3 Å². The molecule has 26 heavy (non-hydrogen) atoms. The lowest BCUT2D eigenvalue weighted by atomic mass is 10.2. The molecule has 0 heterocycles. The van der Waals surface area contributed by atoms with Crippen molar-refractivity contribution in [1.29, 1.82) is 0 Å². The second kappa shape index (κ2) is 10.1. The number of rotatable bonds is 9. The number of benzene rings is 2. The maximum Gasteiger partial charge on any atom is 0.277 e. The minimum Gasteiger partial charge on any atom is -0.493 e. The van der Waals surface area contributed by atoms with Gasteiger partial charge in [-0.1, -0.05) is 19.1 Å². The van der Waals surface area contributed by atoms with E-state index >= 15 is 0 Å². The second-order valence-corrected chi connectivity index (χ2v) is 5.42. The fourth-order valence-electron chi connectivity index (χ4n) is 2.22. The molecule has 0 radical (unpaired) electrons. The summed E-state index contributed by atoms with van der Waals surface area (Å²) in [5, 5.41) is 3.93. The molecule has 0 aliphatic heterocycles. The van der Waals surface area contributed by atoms with Gasteiger partial charge in [-0.05, 0) is 54.8 Å². The minimum atomic E-state index is -0.335. The van der Waals surface area contributed by atoms with Gasteiger partial charge in [-0.3, -0.25) is 4.79 Å². The zero-order valence-corrected chi connectivity index (χ0v) is 15.3. The largest absolute Gasteiger partial charge is 0.493 e. The second-order valence-electron chi connectivity index (χ2n) is 5.42. The van der Waals surface area contributed by atoms with Crippen molar-refractivity contribution >= 4 is 12.1 Å². The lowest BCUT2D eigenvalue weighted by molar-refractivity contribution is -0.123. The molecule has 0 aliphatic rings. The average molecular weight is 356 g/mol. The molecule has 6 heteroatoms. The van der Waals surface area contributed by atoms with E-state index in [1.54, 1.807) is 19.2 Å². The Hall–Kier alpha value is -3.02. The summed E-state index contributed by atoms with van der Waals surface area (Å²) in [7, 11) is 1.57.